The SMILES string of the molecule is CC(=N)c1ccc(Cl)s1. The van der Waals surface area contributed by atoms with Crippen LogP contribution in [0.1, 0.15) is 11.8 Å². The number of halogens is 1. The second-order valence-electron chi connectivity index (χ2n) is 1.73. The molecule has 0 radical (unpaired) electrons. The maximum atomic E-state index is 7.20. The summed E-state index contributed by atoms with van der Waals surface area (Å²) in [4.78, 5) is 0.944. The Bertz CT molecular complexity index is 229. The van der Waals surface area contributed by atoms with Gasteiger partial charge in [-0.2, -0.15) is 0 Å². The molecule has 0 aromatic carbocycles. The van der Waals surface area contributed by atoms with Gasteiger partial charge in [-0.1, -0.05) is 11.6 Å². The predicted octanol–water partition coefficient (Wildman–Crippen LogP) is 2.79. The number of hydrogen-bond donors (Lipinski definition) is 1. The van der Waals surface area contributed by atoms with E-state index in [1.165, 1.54) is 11.3 Å². The molecule has 0 aliphatic rings. The van der Waals surface area contributed by atoms with Gasteiger partial charge in [0, 0.05) is 10.6 Å². The first kappa shape index (κ1) is 6.78. The summed E-state index contributed by atoms with van der Waals surface area (Å²) in [5.41, 5.74) is 0.576. The third kappa shape index (κ3) is 1.53. The summed E-state index contributed by atoms with van der Waals surface area (Å²) in [7, 11) is 0. The van der Waals surface area contributed by atoms with Crippen molar-refractivity contribution in [2.24, 2.45) is 0 Å². The van der Waals surface area contributed by atoms with Crippen LogP contribution in [0.25, 0.3) is 0 Å². The maximum Gasteiger partial charge on any atom is 0.0935 e. The van der Waals surface area contributed by atoms with Crippen molar-refractivity contribution in [3.63, 3.8) is 0 Å². The summed E-state index contributed by atoms with van der Waals surface area (Å²) in [6.45, 7) is 1.75. The Morgan fingerprint density at radius 2 is 2.33 bits per heavy atom. The Labute approximate surface area is 62.8 Å². The third-order valence-corrected chi connectivity index (χ3v) is 2.29. The molecule has 0 bridgehead atoms. The minimum Gasteiger partial charge on any atom is -0.304 e. The van der Waals surface area contributed by atoms with Crippen LogP contribution < -0.4 is 0 Å². The minimum absolute atomic E-state index is 0.576. The number of thiophene rings is 1. The normalized spacial score (nSPS) is 9.56. The van der Waals surface area contributed by atoms with Crippen LogP contribution in [-0.2, 0) is 0 Å². The van der Waals surface area contributed by atoms with E-state index in [-0.39, 0.29) is 0 Å². The van der Waals surface area contributed by atoms with Crippen LogP contribution in [0.4, 0.5) is 0 Å². The van der Waals surface area contributed by atoms with Gasteiger partial charge in [0.25, 0.3) is 0 Å². The molecule has 48 valence electrons. The molecule has 1 aromatic heterocycles. The lowest BCUT2D eigenvalue weighted by Gasteiger charge is -1.84. The zero-order valence-electron chi connectivity index (χ0n) is 4.94. The van der Waals surface area contributed by atoms with E-state index in [1.54, 1.807) is 13.0 Å². The van der Waals surface area contributed by atoms with Crippen molar-refractivity contribution >= 4 is 28.6 Å². The zero-order chi connectivity index (χ0) is 6.85. The van der Waals surface area contributed by atoms with Gasteiger partial charge >= 0.3 is 0 Å². The monoisotopic (exact) mass is 159 g/mol. The van der Waals surface area contributed by atoms with Crippen molar-refractivity contribution in [2.75, 3.05) is 0 Å². The Morgan fingerprint density at radius 3 is 2.56 bits per heavy atom. The summed E-state index contributed by atoms with van der Waals surface area (Å²) in [5.74, 6) is 0. The highest BCUT2D eigenvalue weighted by atomic mass is 35.5. The molecule has 0 unspecified atom stereocenters. The van der Waals surface area contributed by atoms with Crippen LogP contribution in [0.15, 0.2) is 12.1 Å². The van der Waals surface area contributed by atoms with Gasteiger partial charge in [0.15, 0.2) is 0 Å². The van der Waals surface area contributed by atoms with Gasteiger partial charge in [0.05, 0.1) is 4.34 Å². The fourth-order valence-electron chi connectivity index (χ4n) is 0.516. The number of nitrogens with one attached hydrogen (secondary N) is 1. The summed E-state index contributed by atoms with van der Waals surface area (Å²) < 4.78 is 0.747. The van der Waals surface area contributed by atoms with Gasteiger partial charge < -0.3 is 5.41 Å². The van der Waals surface area contributed by atoms with Crippen LogP contribution in [-0.4, -0.2) is 5.71 Å². The zero-order valence-corrected chi connectivity index (χ0v) is 6.51. The molecule has 0 spiro atoms. The van der Waals surface area contributed by atoms with Crippen LogP contribution in [0.3, 0.4) is 0 Å². The van der Waals surface area contributed by atoms with Crippen LogP contribution in [0.2, 0.25) is 4.34 Å². The van der Waals surface area contributed by atoms with Crippen LogP contribution in [0, 0.1) is 5.41 Å². The van der Waals surface area contributed by atoms with Gasteiger partial charge in [-0.25, -0.2) is 0 Å². The van der Waals surface area contributed by atoms with Crippen molar-refractivity contribution in [1.29, 1.82) is 5.41 Å². The number of rotatable bonds is 1. The fraction of sp³-hybridized carbons (Fsp3) is 0.167. The molecule has 0 aliphatic carbocycles. The molecule has 3 heteroatoms. The van der Waals surface area contributed by atoms with E-state index in [0.29, 0.717) is 5.71 Å². The fourth-order valence-corrected chi connectivity index (χ4v) is 1.46. The first-order valence-corrected chi connectivity index (χ1v) is 3.70. The predicted molar refractivity (Wildman–Crippen MR) is 41.8 cm³/mol. The highest BCUT2D eigenvalue weighted by molar-refractivity contribution is 7.18. The Morgan fingerprint density at radius 1 is 1.67 bits per heavy atom. The summed E-state index contributed by atoms with van der Waals surface area (Å²) in [6.07, 6.45) is 0. The molecular weight excluding hydrogens is 154 g/mol. The Hall–Kier alpha value is -0.340. The van der Waals surface area contributed by atoms with E-state index >= 15 is 0 Å². The second kappa shape index (κ2) is 2.50. The lowest BCUT2D eigenvalue weighted by Crippen LogP contribution is -1.83. The molecule has 0 saturated carbocycles. The highest BCUT2D eigenvalue weighted by Crippen LogP contribution is 2.21. The quantitative estimate of drug-likeness (QED) is 0.610. The molecular formula is C6H6ClNS. The van der Waals surface area contributed by atoms with Gasteiger partial charge in [-0.3, -0.25) is 0 Å². The molecule has 0 fully saturated rings. The topological polar surface area (TPSA) is 23.9 Å². The summed E-state index contributed by atoms with van der Waals surface area (Å²) in [5, 5.41) is 7.20. The standard InChI is InChI=1S/C6H6ClNS/c1-4(8)5-2-3-6(7)9-5/h2-3,8H,1H3. The highest BCUT2D eigenvalue weighted by Gasteiger charge is 1.97. The lowest BCUT2D eigenvalue weighted by molar-refractivity contribution is 1.49. The van der Waals surface area contributed by atoms with E-state index in [2.05, 4.69) is 0 Å². The average molecular weight is 160 g/mol. The third-order valence-electron chi connectivity index (χ3n) is 0.943. The van der Waals surface area contributed by atoms with E-state index in [0.717, 1.165) is 9.21 Å². The molecule has 1 N–H and O–H groups in total. The van der Waals surface area contributed by atoms with Crippen molar-refractivity contribution < 1.29 is 0 Å². The first-order valence-electron chi connectivity index (χ1n) is 2.51. The van der Waals surface area contributed by atoms with Gasteiger partial charge in [-0.05, 0) is 19.1 Å². The van der Waals surface area contributed by atoms with Gasteiger partial charge in [-0.15, -0.1) is 11.3 Å². The smallest absolute Gasteiger partial charge is 0.0935 e. The van der Waals surface area contributed by atoms with E-state index in [4.69, 9.17) is 17.0 Å². The van der Waals surface area contributed by atoms with Crippen molar-refractivity contribution in [3.8, 4) is 0 Å². The van der Waals surface area contributed by atoms with Crippen molar-refractivity contribution in [2.45, 2.75) is 6.92 Å². The molecule has 1 aromatic rings. The van der Waals surface area contributed by atoms with Crippen molar-refractivity contribution in [3.05, 3.63) is 21.3 Å². The largest absolute Gasteiger partial charge is 0.304 e. The van der Waals surface area contributed by atoms with E-state index in [9.17, 15) is 0 Å². The average Bonchev–Trinajstić information content (AvgIpc) is 2.14. The van der Waals surface area contributed by atoms with Crippen LogP contribution >= 0.6 is 22.9 Å². The minimum atomic E-state index is 0.576. The van der Waals surface area contributed by atoms with Gasteiger partial charge in [0.2, 0.25) is 0 Å². The Balaban J connectivity index is 2.98. The maximum absolute atomic E-state index is 7.20. The van der Waals surface area contributed by atoms with E-state index in [1.807, 2.05) is 6.07 Å². The summed E-state index contributed by atoms with van der Waals surface area (Å²) in [6, 6.07) is 3.66. The van der Waals surface area contributed by atoms with Crippen molar-refractivity contribution in [1.82, 2.24) is 0 Å². The molecule has 1 heterocycles. The molecule has 0 saturated heterocycles. The van der Waals surface area contributed by atoms with Crippen LogP contribution in [0.5, 0.6) is 0 Å². The van der Waals surface area contributed by atoms with Gasteiger partial charge in [0.1, 0.15) is 0 Å². The lowest BCUT2D eigenvalue weighted by atomic mass is 10.3. The summed E-state index contributed by atoms with van der Waals surface area (Å²) >= 11 is 7.06. The molecule has 0 aliphatic heterocycles. The Kier molecular flexibility index (Phi) is 1.88. The number of hydrogen-bond acceptors (Lipinski definition) is 2. The molecule has 0 amide bonds. The van der Waals surface area contributed by atoms with E-state index < -0.39 is 0 Å². The second-order valence-corrected chi connectivity index (χ2v) is 3.44. The molecule has 1 rings (SSSR count). The molecule has 0 atom stereocenters. The molecule has 1 nitrogen and oxygen atoms in total. The first-order chi connectivity index (χ1) is 4.20. The molecule has 9 heavy (non-hydrogen) atoms.